The quantitative estimate of drug-likeness (QED) is 0.727. The number of urea groups is 1. The molecule has 0 radical (unpaired) electrons. The van der Waals surface area contributed by atoms with Crippen molar-refractivity contribution in [2.75, 3.05) is 17.2 Å². The van der Waals surface area contributed by atoms with Crippen molar-refractivity contribution in [1.29, 1.82) is 0 Å². The van der Waals surface area contributed by atoms with Crippen molar-refractivity contribution in [2.45, 2.75) is 32.6 Å². The van der Waals surface area contributed by atoms with E-state index in [9.17, 15) is 9.59 Å². The minimum Gasteiger partial charge on any atom is -0.462 e. The zero-order valence-corrected chi connectivity index (χ0v) is 15.4. The molecule has 2 aromatic rings. The molecule has 1 aliphatic rings. The summed E-state index contributed by atoms with van der Waals surface area (Å²) in [5.41, 5.74) is 2.03. The smallest absolute Gasteiger partial charge is 0.341 e. The van der Waals surface area contributed by atoms with E-state index in [1.165, 1.54) is 11.3 Å². The number of halogens is 1. The maximum absolute atomic E-state index is 12.4. The van der Waals surface area contributed by atoms with Gasteiger partial charge in [-0.1, -0.05) is 23.7 Å². The fourth-order valence-corrected chi connectivity index (χ4v) is 4.35. The van der Waals surface area contributed by atoms with Crippen molar-refractivity contribution in [3.63, 3.8) is 0 Å². The highest BCUT2D eigenvalue weighted by atomic mass is 35.5. The van der Waals surface area contributed by atoms with E-state index in [0.29, 0.717) is 27.9 Å². The zero-order valence-electron chi connectivity index (χ0n) is 13.9. The van der Waals surface area contributed by atoms with Crippen LogP contribution in [0.4, 0.5) is 15.5 Å². The number of hydrogen-bond acceptors (Lipinski definition) is 4. The molecule has 25 heavy (non-hydrogen) atoms. The number of ether oxygens (including phenoxy) is 1. The second kappa shape index (κ2) is 7.89. The maximum atomic E-state index is 12.4. The number of carbonyl (C=O) groups excluding carboxylic acids is 2. The van der Waals surface area contributed by atoms with E-state index in [4.69, 9.17) is 16.3 Å². The SMILES string of the molecule is CCOC(=O)c1c(NC(=O)Nc2ccccc2Cl)sc2c1CCCC2. The van der Waals surface area contributed by atoms with E-state index in [0.717, 1.165) is 36.1 Å². The van der Waals surface area contributed by atoms with Crippen LogP contribution in [0.1, 0.15) is 40.6 Å². The number of carbonyl (C=O) groups is 2. The van der Waals surface area contributed by atoms with E-state index < -0.39 is 6.03 Å². The van der Waals surface area contributed by atoms with Crippen LogP contribution < -0.4 is 10.6 Å². The van der Waals surface area contributed by atoms with Crippen LogP contribution >= 0.6 is 22.9 Å². The molecule has 0 saturated carbocycles. The van der Waals surface area contributed by atoms with Gasteiger partial charge in [-0.2, -0.15) is 0 Å². The van der Waals surface area contributed by atoms with Crippen molar-refractivity contribution in [2.24, 2.45) is 0 Å². The number of nitrogens with one attached hydrogen (secondary N) is 2. The summed E-state index contributed by atoms with van der Waals surface area (Å²) in [7, 11) is 0. The van der Waals surface area contributed by atoms with Crippen LogP contribution in [0.25, 0.3) is 0 Å². The van der Waals surface area contributed by atoms with Gasteiger partial charge < -0.3 is 10.1 Å². The summed E-state index contributed by atoms with van der Waals surface area (Å²) < 4.78 is 5.19. The van der Waals surface area contributed by atoms with Gasteiger partial charge in [0.05, 0.1) is 22.9 Å². The molecule has 2 amide bonds. The number of aryl methyl sites for hydroxylation is 1. The van der Waals surface area contributed by atoms with Crippen molar-refractivity contribution >= 4 is 45.6 Å². The molecule has 0 spiro atoms. The van der Waals surface area contributed by atoms with Gasteiger partial charge in [-0.15, -0.1) is 11.3 Å². The summed E-state index contributed by atoms with van der Waals surface area (Å²) in [6, 6.07) is 6.56. The lowest BCUT2D eigenvalue weighted by Crippen LogP contribution is -2.21. The second-order valence-corrected chi connectivity index (χ2v) is 7.21. The first-order chi connectivity index (χ1) is 12.1. The normalized spacial score (nSPS) is 13.0. The molecule has 1 aromatic heterocycles. The van der Waals surface area contributed by atoms with Crippen LogP contribution in [0.5, 0.6) is 0 Å². The van der Waals surface area contributed by atoms with Gasteiger partial charge in [0.15, 0.2) is 0 Å². The highest BCUT2D eigenvalue weighted by Crippen LogP contribution is 2.38. The van der Waals surface area contributed by atoms with Gasteiger partial charge in [0.2, 0.25) is 0 Å². The van der Waals surface area contributed by atoms with E-state index in [1.54, 1.807) is 31.2 Å². The fraction of sp³-hybridized carbons (Fsp3) is 0.333. The number of fused-ring (bicyclic) bond motifs is 1. The first kappa shape index (κ1) is 17.8. The molecule has 1 aliphatic carbocycles. The summed E-state index contributed by atoms with van der Waals surface area (Å²) in [6.45, 7) is 2.07. The Bertz CT molecular complexity index is 804. The molecule has 0 aliphatic heterocycles. The Hall–Kier alpha value is -2.05. The van der Waals surface area contributed by atoms with Gasteiger partial charge in [0.25, 0.3) is 0 Å². The van der Waals surface area contributed by atoms with Crippen LogP contribution in [0.2, 0.25) is 5.02 Å². The predicted molar refractivity (Wildman–Crippen MR) is 101 cm³/mol. The van der Waals surface area contributed by atoms with Gasteiger partial charge in [-0.25, -0.2) is 9.59 Å². The van der Waals surface area contributed by atoms with Crippen molar-refractivity contribution in [3.8, 4) is 0 Å². The molecule has 7 heteroatoms. The summed E-state index contributed by atoms with van der Waals surface area (Å²) in [6.07, 6.45) is 3.91. The number of hydrogen-bond donors (Lipinski definition) is 2. The Balaban J connectivity index is 1.84. The lowest BCUT2D eigenvalue weighted by atomic mass is 9.95. The van der Waals surface area contributed by atoms with Crippen molar-refractivity contribution in [1.82, 2.24) is 0 Å². The molecule has 1 heterocycles. The lowest BCUT2D eigenvalue weighted by Gasteiger charge is -2.12. The molecular formula is C18H19ClN2O3S. The number of para-hydroxylation sites is 1. The van der Waals surface area contributed by atoms with E-state index >= 15 is 0 Å². The first-order valence-corrected chi connectivity index (χ1v) is 9.43. The molecule has 0 unspecified atom stereocenters. The number of thiophene rings is 1. The van der Waals surface area contributed by atoms with Gasteiger partial charge >= 0.3 is 12.0 Å². The largest absolute Gasteiger partial charge is 0.462 e. The summed E-state index contributed by atoms with van der Waals surface area (Å²) in [5, 5.41) is 6.49. The number of rotatable bonds is 4. The lowest BCUT2D eigenvalue weighted by molar-refractivity contribution is 0.0526. The third-order valence-corrected chi connectivity index (χ3v) is 5.54. The average Bonchev–Trinajstić information content (AvgIpc) is 2.95. The molecule has 0 atom stereocenters. The summed E-state index contributed by atoms with van der Waals surface area (Å²) in [5.74, 6) is -0.380. The molecule has 2 N–H and O–H groups in total. The Morgan fingerprint density at radius 1 is 1.20 bits per heavy atom. The third-order valence-electron chi connectivity index (χ3n) is 4.00. The monoisotopic (exact) mass is 378 g/mol. The molecule has 5 nitrogen and oxygen atoms in total. The van der Waals surface area contributed by atoms with Gasteiger partial charge in [0, 0.05) is 4.88 Å². The van der Waals surface area contributed by atoms with Crippen LogP contribution in [0.3, 0.4) is 0 Å². The molecule has 0 fully saturated rings. The molecular weight excluding hydrogens is 360 g/mol. The fourth-order valence-electron chi connectivity index (χ4n) is 2.89. The Morgan fingerprint density at radius 3 is 2.72 bits per heavy atom. The van der Waals surface area contributed by atoms with Crippen molar-refractivity contribution in [3.05, 3.63) is 45.3 Å². The number of esters is 1. The number of amides is 2. The van der Waals surface area contributed by atoms with Crippen molar-refractivity contribution < 1.29 is 14.3 Å². The highest BCUT2D eigenvalue weighted by Gasteiger charge is 2.27. The first-order valence-electron chi connectivity index (χ1n) is 8.24. The van der Waals surface area contributed by atoms with Crippen LogP contribution in [0, 0.1) is 0 Å². The Kier molecular flexibility index (Phi) is 5.60. The van der Waals surface area contributed by atoms with Gasteiger partial charge in [-0.05, 0) is 50.3 Å². The Morgan fingerprint density at radius 2 is 1.96 bits per heavy atom. The van der Waals surface area contributed by atoms with Crippen LogP contribution in [-0.2, 0) is 17.6 Å². The topological polar surface area (TPSA) is 67.4 Å². The second-order valence-electron chi connectivity index (χ2n) is 5.69. The summed E-state index contributed by atoms with van der Waals surface area (Å²) in [4.78, 5) is 25.9. The van der Waals surface area contributed by atoms with Gasteiger partial charge in [-0.3, -0.25) is 5.32 Å². The third kappa shape index (κ3) is 3.96. The van der Waals surface area contributed by atoms with E-state index in [2.05, 4.69) is 10.6 Å². The summed E-state index contributed by atoms with van der Waals surface area (Å²) >= 11 is 7.52. The molecule has 132 valence electrons. The number of anilines is 2. The highest BCUT2D eigenvalue weighted by molar-refractivity contribution is 7.17. The molecule has 3 rings (SSSR count). The predicted octanol–water partition coefficient (Wildman–Crippen LogP) is 5.10. The van der Waals surface area contributed by atoms with Gasteiger partial charge in [0.1, 0.15) is 5.00 Å². The zero-order chi connectivity index (χ0) is 17.8. The van der Waals surface area contributed by atoms with Crippen LogP contribution in [-0.4, -0.2) is 18.6 Å². The standard InChI is InChI=1S/C18H19ClN2O3S/c1-2-24-17(22)15-11-7-3-6-10-14(11)25-16(15)21-18(23)20-13-9-5-4-8-12(13)19/h4-5,8-9H,2-3,6-7,10H2,1H3,(H2,20,21,23). The van der Waals surface area contributed by atoms with E-state index in [1.807, 2.05) is 0 Å². The molecule has 1 aromatic carbocycles. The molecule has 0 saturated heterocycles. The minimum atomic E-state index is -0.433. The maximum Gasteiger partial charge on any atom is 0.341 e. The van der Waals surface area contributed by atoms with E-state index in [-0.39, 0.29) is 5.97 Å². The van der Waals surface area contributed by atoms with Crippen LogP contribution in [0.15, 0.2) is 24.3 Å². The minimum absolute atomic E-state index is 0.300. The average molecular weight is 379 g/mol. The molecule has 0 bridgehead atoms. The Labute approximate surface area is 155 Å². The number of benzene rings is 1.